The Morgan fingerprint density at radius 1 is 1.17 bits per heavy atom. The van der Waals surface area contributed by atoms with Crippen molar-refractivity contribution in [2.45, 2.75) is 41.0 Å². The highest BCUT2D eigenvalue weighted by Crippen LogP contribution is 2.41. The molecule has 158 valence electrons. The molecule has 6 atom stereocenters. The molecule has 0 bridgehead atoms. The molecular formula is C19H16Cl2FN3O4S. The summed E-state index contributed by atoms with van der Waals surface area (Å²) in [5, 5.41) is 14.3. The number of hydrogen-bond donors (Lipinski definition) is 1. The fourth-order valence-electron chi connectivity index (χ4n) is 3.38. The molecule has 11 heteroatoms. The highest BCUT2D eigenvalue weighted by molar-refractivity contribution is 7.99. The van der Waals surface area contributed by atoms with Crippen molar-refractivity contribution >= 4 is 35.0 Å². The van der Waals surface area contributed by atoms with Crippen LogP contribution in [-0.2, 0) is 14.2 Å². The van der Waals surface area contributed by atoms with Crippen LogP contribution in [0, 0.1) is 5.82 Å². The van der Waals surface area contributed by atoms with Gasteiger partial charge in [-0.1, -0.05) is 70.4 Å². The maximum absolute atomic E-state index is 13.7. The fraction of sp³-hybridized carbons (Fsp3) is 0.368. The lowest BCUT2D eigenvalue weighted by atomic mass is 9.97. The Bertz CT molecular complexity index is 943. The maximum atomic E-state index is 13.7. The third-order valence-electron chi connectivity index (χ3n) is 4.80. The Labute approximate surface area is 185 Å². The van der Waals surface area contributed by atoms with Crippen LogP contribution in [0.2, 0.25) is 10.0 Å². The van der Waals surface area contributed by atoms with Crippen molar-refractivity contribution in [1.29, 1.82) is 0 Å². The zero-order chi connectivity index (χ0) is 21.3. The van der Waals surface area contributed by atoms with Crippen molar-refractivity contribution in [3.8, 4) is 0 Å². The van der Waals surface area contributed by atoms with Gasteiger partial charge in [0.1, 0.15) is 23.7 Å². The van der Waals surface area contributed by atoms with Gasteiger partial charge in [-0.05, 0) is 17.7 Å². The largest absolute Gasteiger partial charge is 0.389 e. The molecule has 4 unspecified atom stereocenters. The van der Waals surface area contributed by atoms with Crippen LogP contribution in [0.25, 0.3) is 10.4 Å². The predicted octanol–water partition coefficient (Wildman–Crippen LogP) is 5.10. The molecule has 1 N–H and O–H groups in total. The Balaban J connectivity index is 1.55. The maximum Gasteiger partial charge on any atom is 0.184 e. The van der Waals surface area contributed by atoms with Gasteiger partial charge < -0.3 is 19.3 Å². The lowest BCUT2D eigenvalue weighted by Crippen LogP contribution is -2.60. The van der Waals surface area contributed by atoms with E-state index >= 15 is 0 Å². The Kier molecular flexibility index (Phi) is 6.72. The summed E-state index contributed by atoms with van der Waals surface area (Å²) in [4.78, 5) is 3.36. The number of ether oxygens (including phenoxy) is 3. The minimum Gasteiger partial charge on any atom is -0.389 e. The molecule has 0 aliphatic carbocycles. The molecule has 0 spiro atoms. The molecule has 0 amide bonds. The number of fused-ring (bicyclic) bond motifs is 1. The molecule has 2 fully saturated rings. The standard InChI is InChI=1S/C19H16Cl2FN3O4S/c20-11-6-10(7-12(21)14(11)22)30-19-16(26)15(24-25-23)17-13(28-19)8-27-18(29-17)9-4-2-1-3-5-9/h1-7,13,15-19,26H,8H2/t13?,15?,16?,17-,18?,19+/m0/s1. The summed E-state index contributed by atoms with van der Waals surface area (Å²) in [6.45, 7) is 0.177. The molecule has 7 nitrogen and oxygen atoms in total. The summed E-state index contributed by atoms with van der Waals surface area (Å²) < 4.78 is 31.4. The normalized spacial score (nSPS) is 30.9. The third-order valence-corrected chi connectivity index (χ3v) is 6.48. The molecule has 30 heavy (non-hydrogen) atoms. The average Bonchev–Trinajstić information content (AvgIpc) is 2.75. The number of hydrogen-bond acceptors (Lipinski definition) is 6. The smallest absolute Gasteiger partial charge is 0.184 e. The molecular weight excluding hydrogens is 456 g/mol. The second-order valence-electron chi connectivity index (χ2n) is 6.72. The molecule has 2 aromatic rings. The van der Waals surface area contributed by atoms with E-state index in [0.717, 1.165) is 17.3 Å². The number of thioether (sulfide) groups is 1. The van der Waals surface area contributed by atoms with E-state index in [-0.39, 0.29) is 16.7 Å². The van der Waals surface area contributed by atoms with Crippen molar-refractivity contribution in [2.24, 2.45) is 5.11 Å². The van der Waals surface area contributed by atoms with Crippen LogP contribution < -0.4 is 0 Å². The molecule has 0 saturated carbocycles. The van der Waals surface area contributed by atoms with Crippen molar-refractivity contribution in [2.75, 3.05) is 6.61 Å². The van der Waals surface area contributed by atoms with Gasteiger partial charge >= 0.3 is 0 Å². The van der Waals surface area contributed by atoms with E-state index in [2.05, 4.69) is 10.0 Å². The Morgan fingerprint density at radius 3 is 2.53 bits per heavy atom. The van der Waals surface area contributed by atoms with Gasteiger partial charge in [-0.2, -0.15) is 0 Å². The number of halogens is 3. The summed E-state index contributed by atoms with van der Waals surface area (Å²) >= 11 is 12.8. The van der Waals surface area contributed by atoms with Crippen molar-refractivity contribution in [3.63, 3.8) is 0 Å². The highest BCUT2D eigenvalue weighted by atomic mass is 35.5. The van der Waals surface area contributed by atoms with E-state index in [0.29, 0.717) is 4.90 Å². The number of rotatable bonds is 4. The molecule has 2 heterocycles. The van der Waals surface area contributed by atoms with Gasteiger partial charge in [0.05, 0.1) is 22.7 Å². The fourth-order valence-corrected chi connectivity index (χ4v) is 5.14. The van der Waals surface area contributed by atoms with Crippen LogP contribution in [0.5, 0.6) is 0 Å². The van der Waals surface area contributed by atoms with E-state index in [1.807, 2.05) is 30.3 Å². The monoisotopic (exact) mass is 471 g/mol. The summed E-state index contributed by atoms with van der Waals surface area (Å²) in [7, 11) is 0. The Hall–Kier alpha value is -1.55. The van der Waals surface area contributed by atoms with Crippen LogP contribution in [-0.4, -0.2) is 41.5 Å². The number of benzene rings is 2. The van der Waals surface area contributed by atoms with Gasteiger partial charge in [0, 0.05) is 15.4 Å². The topological polar surface area (TPSA) is 96.7 Å². The van der Waals surface area contributed by atoms with E-state index in [1.165, 1.54) is 12.1 Å². The zero-order valence-electron chi connectivity index (χ0n) is 15.3. The third kappa shape index (κ3) is 4.39. The van der Waals surface area contributed by atoms with E-state index in [1.54, 1.807) is 0 Å². The minimum atomic E-state index is -1.19. The molecule has 0 radical (unpaired) electrons. The Morgan fingerprint density at radius 2 is 1.87 bits per heavy atom. The molecule has 2 aromatic carbocycles. The molecule has 2 saturated heterocycles. The second-order valence-corrected chi connectivity index (χ2v) is 8.71. The lowest BCUT2D eigenvalue weighted by Gasteiger charge is -2.46. The average molecular weight is 472 g/mol. The number of aliphatic hydroxyl groups is 1. The summed E-state index contributed by atoms with van der Waals surface area (Å²) in [5.74, 6) is -0.721. The first-order valence-corrected chi connectivity index (χ1v) is 10.6. The van der Waals surface area contributed by atoms with E-state index < -0.39 is 41.9 Å². The summed E-state index contributed by atoms with van der Waals surface area (Å²) in [6.07, 6.45) is -3.14. The van der Waals surface area contributed by atoms with Crippen LogP contribution in [0.15, 0.2) is 52.5 Å². The van der Waals surface area contributed by atoms with Crippen molar-refractivity contribution in [1.82, 2.24) is 0 Å². The molecule has 2 aliphatic heterocycles. The summed E-state index contributed by atoms with van der Waals surface area (Å²) in [5.41, 5.74) is 8.99. The van der Waals surface area contributed by atoms with Gasteiger partial charge in [-0.3, -0.25) is 0 Å². The second kappa shape index (κ2) is 9.30. The number of aliphatic hydroxyl groups excluding tert-OH is 1. The predicted molar refractivity (Wildman–Crippen MR) is 110 cm³/mol. The van der Waals surface area contributed by atoms with Gasteiger partial charge in [0.2, 0.25) is 0 Å². The first kappa shape index (κ1) is 21.7. The van der Waals surface area contributed by atoms with Gasteiger partial charge in [-0.25, -0.2) is 4.39 Å². The van der Waals surface area contributed by atoms with Crippen molar-refractivity contribution < 1.29 is 23.7 Å². The zero-order valence-corrected chi connectivity index (χ0v) is 17.6. The van der Waals surface area contributed by atoms with Crippen LogP contribution in [0.3, 0.4) is 0 Å². The van der Waals surface area contributed by atoms with Gasteiger partial charge in [0.25, 0.3) is 0 Å². The quantitative estimate of drug-likeness (QED) is 0.289. The van der Waals surface area contributed by atoms with Crippen molar-refractivity contribution in [3.05, 3.63) is 74.3 Å². The SMILES string of the molecule is [N-]=[N+]=NC1C(O)[C@@H](Sc2cc(Cl)c(F)c(Cl)c2)OC2COC(c3ccccc3)O[C@@H]21. The molecule has 2 aliphatic rings. The van der Waals surface area contributed by atoms with Crippen LogP contribution >= 0.6 is 35.0 Å². The highest BCUT2D eigenvalue weighted by Gasteiger charge is 2.49. The number of nitrogens with zero attached hydrogens (tertiary/aromatic N) is 3. The minimum absolute atomic E-state index is 0.144. The van der Waals surface area contributed by atoms with Crippen LogP contribution in [0.1, 0.15) is 11.9 Å². The summed E-state index contributed by atoms with van der Waals surface area (Å²) in [6, 6.07) is 11.2. The van der Waals surface area contributed by atoms with Gasteiger partial charge in [-0.15, -0.1) is 0 Å². The van der Waals surface area contributed by atoms with Crippen LogP contribution in [0.4, 0.5) is 4.39 Å². The first-order chi connectivity index (χ1) is 14.5. The molecule has 4 rings (SSSR count). The van der Waals surface area contributed by atoms with E-state index in [4.69, 9.17) is 42.9 Å². The number of azide groups is 1. The lowest BCUT2D eigenvalue weighted by molar-refractivity contribution is -0.297. The first-order valence-electron chi connectivity index (χ1n) is 8.99. The molecule has 0 aromatic heterocycles. The van der Waals surface area contributed by atoms with Gasteiger partial charge in [0.15, 0.2) is 12.1 Å². The van der Waals surface area contributed by atoms with E-state index in [9.17, 15) is 9.50 Å².